The number of carbonyl (C=O) groups is 2. The van der Waals surface area contributed by atoms with Crippen LogP contribution < -0.4 is 4.74 Å². The first-order valence-corrected chi connectivity index (χ1v) is 9.41. The molecule has 0 aliphatic carbocycles. The molecule has 26 heavy (non-hydrogen) atoms. The van der Waals surface area contributed by atoms with Crippen LogP contribution in [0, 0.1) is 0 Å². The van der Waals surface area contributed by atoms with Crippen molar-refractivity contribution in [2.24, 2.45) is 0 Å². The van der Waals surface area contributed by atoms with Crippen molar-refractivity contribution < 1.29 is 19.4 Å². The van der Waals surface area contributed by atoms with E-state index in [0.29, 0.717) is 5.69 Å². The van der Waals surface area contributed by atoms with Gasteiger partial charge in [0, 0.05) is 23.5 Å². The first kappa shape index (κ1) is 19.9. The van der Waals surface area contributed by atoms with Gasteiger partial charge in [0.1, 0.15) is 16.5 Å². The van der Waals surface area contributed by atoms with Crippen molar-refractivity contribution in [1.82, 2.24) is 9.88 Å². The fraction of sp³-hybridized carbons (Fsp3) is 0.421. The predicted molar refractivity (Wildman–Crippen MR) is 102 cm³/mol. The minimum Gasteiger partial charge on any atom is -0.491 e. The molecular weight excluding hydrogens is 352 g/mol. The van der Waals surface area contributed by atoms with Crippen LogP contribution in [0.1, 0.15) is 44.6 Å². The van der Waals surface area contributed by atoms with Crippen LogP contribution in [0.2, 0.25) is 0 Å². The average molecular weight is 376 g/mol. The number of rotatable bonds is 8. The molecule has 6 nitrogen and oxygen atoms in total. The van der Waals surface area contributed by atoms with E-state index in [0.717, 1.165) is 16.3 Å². The van der Waals surface area contributed by atoms with Gasteiger partial charge in [-0.05, 0) is 52.0 Å². The van der Waals surface area contributed by atoms with Crippen LogP contribution in [-0.2, 0) is 4.79 Å². The molecule has 1 aromatic heterocycles. The maximum Gasteiger partial charge on any atom is 0.305 e. The van der Waals surface area contributed by atoms with E-state index in [1.807, 2.05) is 52.0 Å². The monoisotopic (exact) mass is 376 g/mol. The molecular formula is C19H24N2O4S. The second-order valence-corrected chi connectivity index (χ2v) is 7.32. The van der Waals surface area contributed by atoms with Gasteiger partial charge in [0.2, 0.25) is 0 Å². The summed E-state index contributed by atoms with van der Waals surface area (Å²) in [6.45, 7) is 7.83. The summed E-state index contributed by atoms with van der Waals surface area (Å²) in [5.74, 6) is -0.383. The van der Waals surface area contributed by atoms with Gasteiger partial charge in [-0.1, -0.05) is 0 Å². The summed E-state index contributed by atoms with van der Waals surface area (Å²) in [6, 6.07) is 7.49. The highest BCUT2D eigenvalue weighted by atomic mass is 32.1. The van der Waals surface area contributed by atoms with E-state index in [1.165, 1.54) is 16.2 Å². The van der Waals surface area contributed by atoms with Gasteiger partial charge in [0.15, 0.2) is 0 Å². The normalized spacial score (nSPS) is 11.0. The van der Waals surface area contributed by atoms with Crippen molar-refractivity contribution in [1.29, 1.82) is 0 Å². The minimum atomic E-state index is -0.925. The van der Waals surface area contributed by atoms with Crippen molar-refractivity contribution in [3.05, 3.63) is 35.3 Å². The van der Waals surface area contributed by atoms with Gasteiger partial charge < -0.3 is 14.7 Å². The summed E-state index contributed by atoms with van der Waals surface area (Å²) in [6.07, 6.45) is 0.0239. The first-order valence-electron chi connectivity index (χ1n) is 8.53. The predicted octanol–water partition coefficient (Wildman–Crippen LogP) is 3.92. The molecule has 1 N–H and O–H groups in total. The molecule has 0 radical (unpaired) electrons. The van der Waals surface area contributed by atoms with Crippen molar-refractivity contribution in [3.63, 3.8) is 0 Å². The summed E-state index contributed by atoms with van der Waals surface area (Å²) in [7, 11) is 0. The van der Waals surface area contributed by atoms with Crippen molar-refractivity contribution in [2.45, 2.75) is 46.3 Å². The fourth-order valence-electron chi connectivity index (χ4n) is 2.41. The molecule has 2 aromatic rings. The highest BCUT2D eigenvalue weighted by Gasteiger charge is 2.22. The largest absolute Gasteiger partial charge is 0.491 e. The molecule has 0 aliphatic heterocycles. The summed E-state index contributed by atoms with van der Waals surface area (Å²) >= 11 is 1.39. The van der Waals surface area contributed by atoms with E-state index in [2.05, 4.69) is 4.98 Å². The first-order chi connectivity index (χ1) is 12.3. The Kier molecular flexibility index (Phi) is 6.74. The molecule has 0 saturated carbocycles. The molecule has 1 aromatic carbocycles. The van der Waals surface area contributed by atoms with E-state index in [4.69, 9.17) is 9.84 Å². The van der Waals surface area contributed by atoms with E-state index < -0.39 is 5.97 Å². The third-order valence-corrected chi connectivity index (χ3v) is 4.54. The van der Waals surface area contributed by atoms with Gasteiger partial charge in [-0.2, -0.15) is 0 Å². The lowest BCUT2D eigenvalue weighted by Crippen LogP contribution is -2.38. The molecule has 0 bridgehead atoms. The third kappa shape index (κ3) is 5.29. The maximum absolute atomic E-state index is 12.7. The number of thiazole rings is 1. The van der Waals surface area contributed by atoms with Crippen LogP contribution >= 0.6 is 11.3 Å². The molecule has 0 spiro atoms. The second kappa shape index (κ2) is 8.80. The fourth-order valence-corrected chi connectivity index (χ4v) is 3.21. The minimum absolute atomic E-state index is 0.0851. The van der Waals surface area contributed by atoms with Gasteiger partial charge >= 0.3 is 5.97 Å². The number of carboxylic acids is 1. The molecule has 1 heterocycles. The lowest BCUT2D eigenvalue weighted by molar-refractivity contribution is -0.137. The number of nitrogens with zero attached hydrogens (tertiary/aromatic N) is 2. The number of carboxylic acid groups (broad SMARTS) is 1. The molecule has 0 fully saturated rings. The Balaban J connectivity index is 2.14. The second-order valence-electron chi connectivity index (χ2n) is 6.46. The van der Waals surface area contributed by atoms with Crippen LogP contribution in [0.4, 0.5) is 0 Å². The number of amides is 1. The van der Waals surface area contributed by atoms with E-state index in [1.54, 1.807) is 5.38 Å². The van der Waals surface area contributed by atoms with Crippen LogP contribution in [0.3, 0.4) is 0 Å². The van der Waals surface area contributed by atoms with Gasteiger partial charge in [0.25, 0.3) is 5.91 Å². The number of hydrogen-bond donors (Lipinski definition) is 1. The molecule has 1 amide bonds. The number of aliphatic carboxylic acids is 1. The van der Waals surface area contributed by atoms with Gasteiger partial charge in [-0.3, -0.25) is 9.59 Å². The van der Waals surface area contributed by atoms with Crippen LogP contribution in [0.5, 0.6) is 5.75 Å². The van der Waals surface area contributed by atoms with Gasteiger partial charge in [-0.15, -0.1) is 11.3 Å². The van der Waals surface area contributed by atoms with Crippen LogP contribution in [0.25, 0.3) is 10.6 Å². The molecule has 140 valence electrons. The highest BCUT2D eigenvalue weighted by molar-refractivity contribution is 7.13. The lowest BCUT2D eigenvalue weighted by atomic mass is 10.2. The van der Waals surface area contributed by atoms with Crippen molar-refractivity contribution in [2.75, 3.05) is 6.54 Å². The Morgan fingerprint density at radius 3 is 2.38 bits per heavy atom. The van der Waals surface area contributed by atoms with Crippen LogP contribution in [-0.4, -0.2) is 45.6 Å². The number of aromatic nitrogens is 1. The Bertz CT molecular complexity index is 753. The number of benzene rings is 1. The molecule has 0 saturated heterocycles. The SMILES string of the molecule is CC(C)Oc1ccc(-c2nc(C(=O)N(CCC(=O)O)C(C)C)cs2)cc1. The maximum atomic E-state index is 12.7. The van der Waals surface area contributed by atoms with Gasteiger partial charge in [0.05, 0.1) is 12.5 Å². The zero-order valence-electron chi connectivity index (χ0n) is 15.4. The Hall–Kier alpha value is -2.41. The molecule has 7 heteroatoms. The summed E-state index contributed by atoms with van der Waals surface area (Å²) < 4.78 is 5.63. The lowest BCUT2D eigenvalue weighted by Gasteiger charge is -2.25. The average Bonchev–Trinajstić information content (AvgIpc) is 3.04. The standard InChI is InChI=1S/C19H24N2O4S/c1-12(2)21(10-9-17(22)23)19(24)16-11-26-18(20-16)14-5-7-15(8-6-14)25-13(3)4/h5-8,11-13H,9-10H2,1-4H3,(H,22,23). The Morgan fingerprint density at radius 1 is 1.19 bits per heavy atom. The number of ether oxygens (including phenoxy) is 1. The van der Waals surface area contributed by atoms with Crippen molar-refractivity contribution in [3.8, 4) is 16.3 Å². The smallest absolute Gasteiger partial charge is 0.305 e. The Labute approximate surface area is 157 Å². The number of carbonyl (C=O) groups excluding carboxylic acids is 1. The molecule has 2 rings (SSSR count). The number of hydrogen-bond acceptors (Lipinski definition) is 5. The van der Waals surface area contributed by atoms with E-state index in [-0.39, 0.29) is 31.0 Å². The molecule has 0 aliphatic rings. The summed E-state index contributed by atoms with van der Waals surface area (Å²) in [5.41, 5.74) is 1.25. The van der Waals surface area contributed by atoms with E-state index in [9.17, 15) is 9.59 Å². The van der Waals surface area contributed by atoms with Crippen molar-refractivity contribution >= 4 is 23.2 Å². The topological polar surface area (TPSA) is 79.7 Å². The Morgan fingerprint density at radius 2 is 1.85 bits per heavy atom. The quantitative estimate of drug-likeness (QED) is 0.755. The molecule has 0 unspecified atom stereocenters. The third-order valence-electron chi connectivity index (χ3n) is 3.65. The summed E-state index contributed by atoms with van der Waals surface area (Å²) in [5, 5.41) is 11.3. The molecule has 0 atom stereocenters. The summed E-state index contributed by atoms with van der Waals surface area (Å²) in [4.78, 5) is 29.5. The zero-order chi connectivity index (χ0) is 19.3. The zero-order valence-corrected chi connectivity index (χ0v) is 16.2. The van der Waals surface area contributed by atoms with Gasteiger partial charge in [-0.25, -0.2) is 4.98 Å². The van der Waals surface area contributed by atoms with Crippen LogP contribution in [0.15, 0.2) is 29.6 Å². The van der Waals surface area contributed by atoms with E-state index >= 15 is 0 Å². The highest BCUT2D eigenvalue weighted by Crippen LogP contribution is 2.26.